The SMILES string of the molecule is CCC1CCC(C)N1C(=O)C1(CN)CCCC1. The molecule has 0 bridgehead atoms. The summed E-state index contributed by atoms with van der Waals surface area (Å²) in [6.07, 6.45) is 7.75. The van der Waals surface area contributed by atoms with Gasteiger partial charge in [0.05, 0.1) is 5.41 Å². The van der Waals surface area contributed by atoms with Gasteiger partial charge < -0.3 is 10.6 Å². The van der Waals surface area contributed by atoms with Crippen LogP contribution in [0.3, 0.4) is 0 Å². The van der Waals surface area contributed by atoms with Crippen molar-refractivity contribution in [1.82, 2.24) is 4.90 Å². The lowest BCUT2D eigenvalue weighted by molar-refractivity contribution is -0.144. The zero-order valence-corrected chi connectivity index (χ0v) is 11.2. The minimum atomic E-state index is -0.216. The maximum Gasteiger partial charge on any atom is 0.230 e. The first-order chi connectivity index (χ1) is 8.14. The Morgan fingerprint density at radius 3 is 2.53 bits per heavy atom. The third kappa shape index (κ3) is 2.10. The highest BCUT2D eigenvalue weighted by molar-refractivity contribution is 5.84. The number of hydrogen-bond donors (Lipinski definition) is 1. The van der Waals surface area contributed by atoms with E-state index < -0.39 is 0 Å². The highest BCUT2D eigenvalue weighted by atomic mass is 16.2. The number of carbonyl (C=O) groups excluding carboxylic acids is 1. The summed E-state index contributed by atoms with van der Waals surface area (Å²) in [5.41, 5.74) is 5.71. The maximum atomic E-state index is 12.8. The summed E-state index contributed by atoms with van der Waals surface area (Å²) in [6.45, 7) is 4.91. The van der Waals surface area contributed by atoms with Gasteiger partial charge in [0.2, 0.25) is 5.91 Å². The molecule has 1 heterocycles. The van der Waals surface area contributed by atoms with Crippen LogP contribution >= 0.6 is 0 Å². The average molecular weight is 238 g/mol. The van der Waals surface area contributed by atoms with Gasteiger partial charge in [-0.25, -0.2) is 0 Å². The van der Waals surface area contributed by atoms with Crippen molar-refractivity contribution in [2.75, 3.05) is 6.54 Å². The summed E-state index contributed by atoms with van der Waals surface area (Å²) in [4.78, 5) is 15.0. The van der Waals surface area contributed by atoms with E-state index >= 15 is 0 Å². The maximum absolute atomic E-state index is 12.8. The molecule has 1 amide bonds. The fourth-order valence-corrected chi connectivity index (χ4v) is 3.67. The Hall–Kier alpha value is -0.570. The van der Waals surface area contributed by atoms with Gasteiger partial charge in [-0.1, -0.05) is 19.8 Å². The molecule has 0 radical (unpaired) electrons. The molecular formula is C14H26N2O. The first-order valence-electron chi connectivity index (χ1n) is 7.17. The summed E-state index contributed by atoms with van der Waals surface area (Å²) >= 11 is 0. The van der Waals surface area contributed by atoms with Gasteiger partial charge in [0.15, 0.2) is 0 Å². The molecule has 3 nitrogen and oxygen atoms in total. The van der Waals surface area contributed by atoms with E-state index in [-0.39, 0.29) is 5.41 Å². The lowest BCUT2D eigenvalue weighted by Crippen LogP contribution is -2.50. The van der Waals surface area contributed by atoms with Crippen LogP contribution in [0.1, 0.15) is 58.8 Å². The lowest BCUT2D eigenvalue weighted by Gasteiger charge is -2.37. The smallest absolute Gasteiger partial charge is 0.230 e. The minimum absolute atomic E-state index is 0.216. The number of carbonyl (C=O) groups is 1. The van der Waals surface area contributed by atoms with Crippen LogP contribution in [0.25, 0.3) is 0 Å². The van der Waals surface area contributed by atoms with E-state index in [0.29, 0.717) is 24.5 Å². The Morgan fingerprint density at radius 1 is 1.35 bits per heavy atom. The van der Waals surface area contributed by atoms with Crippen molar-refractivity contribution in [1.29, 1.82) is 0 Å². The number of nitrogens with two attached hydrogens (primary N) is 1. The first kappa shape index (κ1) is 12.9. The van der Waals surface area contributed by atoms with Crippen LogP contribution in [0, 0.1) is 5.41 Å². The van der Waals surface area contributed by atoms with Crippen molar-refractivity contribution < 1.29 is 4.79 Å². The molecular weight excluding hydrogens is 212 g/mol. The number of hydrogen-bond acceptors (Lipinski definition) is 2. The molecule has 0 aromatic rings. The van der Waals surface area contributed by atoms with Gasteiger partial charge in [-0.3, -0.25) is 4.79 Å². The molecule has 2 rings (SSSR count). The molecule has 17 heavy (non-hydrogen) atoms. The molecule has 0 aromatic carbocycles. The van der Waals surface area contributed by atoms with Gasteiger partial charge in [-0.2, -0.15) is 0 Å². The molecule has 2 unspecified atom stereocenters. The minimum Gasteiger partial charge on any atom is -0.336 e. The van der Waals surface area contributed by atoms with Gasteiger partial charge in [-0.05, 0) is 39.0 Å². The molecule has 0 aromatic heterocycles. The van der Waals surface area contributed by atoms with Crippen molar-refractivity contribution in [3.05, 3.63) is 0 Å². The molecule has 2 fully saturated rings. The Labute approximate surface area is 105 Å². The predicted octanol–water partition coefficient (Wildman–Crippen LogP) is 2.29. The van der Waals surface area contributed by atoms with Gasteiger partial charge in [0, 0.05) is 18.6 Å². The van der Waals surface area contributed by atoms with Gasteiger partial charge in [-0.15, -0.1) is 0 Å². The zero-order valence-electron chi connectivity index (χ0n) is 11.2. The number of nitrogens with zero attached hydrogens (tertiary/aromatic N) is 1. The second kappa shape index (κ2) is 4.97. The van der Waals surface area contributed by atoms with Crippen LogP contribution in [0.2, 0.25) is 0 Å². The summed E-state index contributed by atoms with van der Waals surface area (Å²) < 4.78 is 0. The molecule has 2 atom stereocenters. The number of rotatable bonds is 3. The summed E-state index contributed by atoms with van der Waals surface area (Å²) in [7, 11) is 0. The quantitative estimate of drug-likeness (QED) is 0.820. The Kier molecular flexibility index (Phi) is 3.76. The molecule has 98 valence electrons. The number of likely N-dealkylation sites (tertiary alicyclic amines) is 1. The normalized spacial score (nSPS) is 32.1. The van der Waals surface area contributed by atoms with E-state index in [1.54, 1.807) is 0 Å². The largest absolute Gasteiger partial charge is 0.336 e. The Bertz CT molecular complexity index is 284. The second-order valence-electron chi connectivity index (χ2n) is 5.89. The molecule has 2 aliphatic rings. The van der Waals surface area contributed by atoms with E-state index in [1.807, 2.05) is 0 Å². The van der Waals surface area contributed by atoms with Crippen molar-refractivity contribution in [2.45, 2.75) is 70.9 Å². The third-order valence-corrected chi connectivity index (χ3v) is 4.90. The number of amides is 1. The fourth-order valence-electron chi connectivity index (χ4n) is 3.67. The fraction of sp³-hybridized carbons (Fsp3) is 0.929. The van der Waals surface area contributed by atoms with E-state index in [9.17, 15) is 4.79 Å². The van der Waals surface area contributed by atoms with Crippen molar-refractivity contribution in [3.63, 3.8) is 0 Å². The van der Waals surface area contributed by atoms with Crippen LogP contribution in [-0.4, -0.2) is 29.4 Å². The second-order valence-corrected chi connectivity index (χ2v) is 5.89. The molecule has 1 saturated heterocycles. The van der Waals surface area contributed by atoms with Gasteiger partial charge in [0.1, 0.15) is 0 Å². The van der Waals surface area contributed by atoms with Crippen molar-refractivity contribution in [3.8, 4) is 0 Å². The van der Waals surface area contributed by atoms with E-state index in [1.165, 1.54) is 19.3 Å². The Balaban J connectivity index is 2.17. The van der Waals surface area contributed by atoms with Crippen LogP contribution in [0.15, 0.2) is 0 Å². The molecule has 1 saturated carbocycles. The van der Waals surface area contributed by atoms with E-state index in [2.05, 4.69) is 18.7 Å². The standard InChI is InChI=1S/C14H26N2O/c1-3-12-7-6-11(2)16(12)13(17)14(10-15)8-4-5-9-14/h11-12H,3-10,15H2,1-2H3. The molecule has 1 aliphatic heterocycles. The lowest BCUT2D eigenvalue weighted by atomic mass is 9.84. The third-order valence-electron chi connectivity index (χ3n) is 4.90. The van der Waals surface area contributed by atoms with Crippen LogP contribution in [0.5, 0.6) is 0 Å². The van der Waals surface area contributed by atoms with Crippen LogP contribution in [0.4, 0.5) is 0 Å². The molecule has 1 aliphatic carbocycles. The highest BCUT2D eigenvalue weighted by Crippen LogP contribution is 2.41. The van der Waals surface area contributed by atoms with E-state index in [0.717, 1.165) is 25.7 Å². The average Bonchev–Trinajstić information content (AvgIpc) is 2.95. The Morgan fingerprint density at radius 2 is 2.00 bits per heavy atom. The highest BCUT2D eigenvalue weighted by Gasteiger charge is 2.46. The van der Waals surface area contributed by atoms with Crippen molar-refractivity contribution >= 4 is 5.91 Å². The zero-order chi connectivity index (χ0) is 12.5. The predicted molar refractivity (Wildman–Crippen MR) is 69.6 cm³/mol. The molecule has 0 spiro atoms. The van der Waals surface area contributed by atoms with Crippen molar-refractivity contribution in [2.24, 2.45) is 11.1 Å². The first-order valence-corrected chi connectivity index (χ1v) is 7.17. The summed E-state index contributed by atoms with van der Waals surface area (Å²) in [5.74, 6) is 0.356. The summed E-state index contributed by atoms with van der Waals surface area (Å²) in [5, 5.41) is 0. The van der Waals surface area contributed by atoms with Gasteiger partial charge >= 0.3 is 0 Å². The van der Waals surface area contributed by atoms with Gasteiger partial charge in [0.25, 0.3) is 0 Å². The van der Waals surface area contributed by atoms with Crippen LogP contribution < -0.4 is 5.73 Å². The topological polar surface area (TPSA) is 46.3 Å². The molecule has 3 heteroatoms. The van der Waals surface area contributed by atoms with Crippen LogP contribution in [-0.2, 0) is 4.79 Å². The monoisotopic (exact) mass is 238 g/mol. The van der Waals surface area contributed by atoms with E-state index in [4.69, 9.17) is 5.73 Å². The summed E-state index contributed by atoms with van der Waals surface area (Å²) in [6, 6.07) is 0.873. The molecule has 2 N–H and O–H groups in total.